The third-order valence-corrected chi connectivity index (χ3v) is 6.48. The lowest BCUT2D eigenvalue weighted by Gasteiger charge is -2.06. The lowest BCUT2D eigenvalue weighted by Crippen LogP contribution is -2.21. The summed E-state index contributed by atoms with van der Waals surface area (Å²) in [5, 5.41) is 3.84. The third-order valence-electron chi connectivity index (χ3n) is 4.54. The van der Waals surface area contributed by atoms with Crippen molar-refractivity contribution in [1.82, 2.24) is 9.55 Å². The van der Waals surface area contributed by atoms with Crippen LogP contribution in [0.15, 0.2) is 53.6 Å². The predicted octanol–water partition coefficient (Wildman–Crippen LogP) is 5.51. The van der Waals surface area contributed by atoms with Crippen LogP contribution >= 0.6 is 34.5 Å². The topological polar surface area (TPSA) is 64.0 Å². The number of nitrogens with one attached hydrogen (secondary N) is 1. The van der Waals surface area contributed by atoms with Gasteiger partial charge in [-0.25, -0.2) is 9.37 Å². The molecule has 2 aromatic heterocycles. The fraction of sp³-hybridized carbons (Fsp3) is 0.0952. The first-order chi connectivity index (χ1) is 14.3. The van der Waals surface area contributed by atoms with Crippen molar-refractivity contribution < 1.29 is 9.18 Å². The van der Waals surface area contributed by atoms with Crippen LogP contribution in [-0.2, 0) is 6.54 Å². The van der Waals surface area contributed by atoms with E-state index >= 15 is 0 Å². The molecule has 0 atom stereocenters. The SMILES string of the molecule is Cc1c(C(=O)Nc2ccc(Cl)c(Cl)c2)sc2ncn(Cc3cccc(F)c3)c(=O)c12. The molecule has 1 amide bonds. The van der Waals surface area contributed by atoms with Gasteiger partial charge in [-0.05, 0) is 48.4 Å². The minimum atomic E-state index is -0.373. The largest absolute Gasteiger partial charge is 0.321 e. The lowest BCUT2D eigenvalue weighted by molar-refractivity contribution is 0.103. The molecule has 0 saturated carbocycles. The minimum absolute atomic E-state index is 0.180. The molecule has 9 heteroatoms. The smallest absolute Gasteiger partial charge is 0.266 e. The number of hydrogen-bond donors (Lipinski definition) is 1. The zero-order valence-electron chi connectivity index (χ0n) is 15.6. The van der Waals surface area contributed by atoms with E-state index in [9.17, 15) is 14.0 Å². The average molecular weight is 462 g/mol. The summed E-state index contributed by atoms with van der Waals surface area (Å²) in [4.78, 5) is 30.9. The van der Waals surface area contributed by atoms with Gasteiger partial charge in [-0.1, -0.05) is 35.3 Å². The van der Waals surface area contributed by atoms with E-state index in [2.05, 4.69) is 10.3 Å². The quantitative estimate of drug-likeness (QED) is 0.435. The lowest BCUT2D eigenvalue weighted by atomic mass is 10.2. The van der Waals surface area contributed by atoms with Gasteiger partial charge in [-0.3, -0.25) is 14.2 Å². The van der Waals surface area contributed by atoms with Crippen molar-refractivity contribution in [3.8, 4) is 0 Å². The van der Waals surface area contributed by atoms with E-state index in [4.69, 9.17) is 23.2 Å². The molecule has 0 unspecified atom stereocenters. The molecule has 1 N–H and O–H groups in total. The van der Waals surface area contributed by atoms with Crippen molar-refractivity contribution in [2.45, 2.75) is 13.5 Å². The summed E-state index contributed by atoms with van der Waals surface area (Å²) in [6.45, 7) is 1.89. The number of fused-ring (bicyclic) bond motifs is 1. The molecule has 0 aliphatic rings. The average Bonchev–Trinajstić information content (AvgIpc) is 3.04. The highest BCUT2D eigenvalue weighted by Gasteiger charge is 2.20. The monoisotopic (exact) mass is 461 g/mol. The number of halogens is 3. The number of rotatable bonds is 4. The molecule has 0 radical (unpaired) electrons. The maximum Gasteiger partial charge on any atom is 0.266 e. The summed E-state index contributed by atoms with van der Waals surface area (Å²) in [6, 6.07) is 10.8. The highest BCUT2D eigenvalue weighted by molar-refractivity contribution is 7.20. The molecule has 5 nitrogen and oxygen atoms in total. The van der Waals surface area contributed by atoms with Crippen LogP contribution < -0.4 is 10.9 Å². The van der Waals surface area contributed by atoms with Crippen molar-refractivity contribution in [2.24, 2.45) is 0 Å². The number of anilines is 1. The molecule has 0 aliphatic heterocycles. The van der Waals surface area contributed by atoms with Crippen LogP contribution in [0.2, 0.25) is 10.0 Å². The summed E-state index contributed by atoms with van der Waals surface area (Å²) in [5.74, 6) is -0.743. The highest BCUT2D eigenvalue weighted by Crippen LogP contribution is 2.29. The van der Waals surface area contributed by atoms with Crippen LogP contribution in [0.4, 0.5) is 10.1 Å². The molecule has 2 heterocycles. The number of aryl methyl sites for hydroxylation is 1. The highest BCUT2D eigenvalue weighted by atomic mass is 35.5. The van der Waals surface area contributed by atoms with Gasteiger partial charge < -0.3 is 5.32 Å². The number of hydrogen-bond acceptors (Lipinski definition) is 4. The number of aromatic nitrogens is 2. The van der Waals surface area contributed by atoms with Crippen LogP contribution in [0.25, 0.3) is 10.2 Å². The fourth-order valence-corrected chi connectivity index (χ4v) is 4.41. The van der Waals surface area contributed by atoms with E-state index < -0.39 is 0 Å². The Hall–Kier alpha value is -2.74. The van der Waals surface area contributed by atoms with Crippen LogP contribution in [0.3, 0.4) is 0 Å². The van der Waals surface area contributed by atoms with E-state index in [0.717, 1.165) is 11.3 Å². The van der Waals surface area contributed by atoms with Gasteiger partial charge >= 0.3 is 0 Å². The Morgan fingerprint density at radius 1 is 1.20 bits per heavy atom. The van der Waals surface area contributed by atoms with Gasteiger partial charge in [0.15, 0.2) is 0 Å². The predicted molar refractivity (Wildman–Crippen MR) is 119 cm³/mol. The van der Waals surface area contributed by atoms with Gasteiger partial charge in [-0.15, -0.1) is 11.3 Å². The molecule has 4 aromatic rings. The summed E-state index contributed by atoms with van der Waals surface area (Å²) in [6.07, 6.45) is 1.41. The normalized spacial score (nSPS) is 11.1. The van der Waals surface area contributed by atoms with Crippen molar-refractivity contribution >= 4 is 56.3 Å². The molecule has 0 bridgehead atoms. The molecule has 2 aromatic carbocycles. The van der Waals surface area contributed by atoms with Crippen molar-refractivity contribution in [1.29, 1.82) is 0 Å². The van der Waals surface area contributed by atoms with E-state index in [1.807, 2.05) is 0 Å². The molecule has 0 saturated heterocycles. The molecule has 0 fully saturated rings. The van der Waals surface area contributed by atoms with Crippen LogP contribution in [-0.4, -0.2) is 15.5 Å². The van der Waals surface area contributed by atoms with Crippen molar-refractivity contribution in [3.63, 3.8) is 0 Å². The molecule has 152 valence electrons. The Morgan fingerprint density at radius 2 is 2.00 bits per heavy atom. The Kier molecular flexibility index (Phi) is 5.60. The number of carbonyl (C=O) groups is 1. The molecule has 4 rings (SSSR count). The van der Waals surface area contributed by atoms with Gasteiger partial charge in [0, 0.05) is 5.69 Å². The van der Waals surface area contributed by atoms with Crippen LogP contribution in [0.1, 0.15) is 20.8 Å². The van der Waals surface area contributed by atoms with Gasteiger partial charge in [0.2, 0.25) is 0 Å². The number of thiophene rings is 1. The maximum atomic E-state index is 13.4. The van der Waals surface area contributed by atoms with Crippen LogP contribution in [0, 0.1) is 12.7 Å². The maximum absolute atomic E-state index is 13.4. The second-order valence-corrected chi connectivity index (χ2v) is 8.44. The first-order valence-electron chi connectivity index (χ1n) is 8.83. The Bertz CT molecular complexity index is 1350. The van der Waals surface area contributed by atoms with E-state index in [0.29, 0.717) is 42.0 Å². The Labute approximate surface area is 184 Å². The van der Waals surface area contributed by atoms with E-state index in [1.165, 1.54) is 23.0 Å². The Morgan fingerprint density at radius 3 is 2.73 bits per heavy atom. The number of benzene rings is 2. The molecule has 0 aliphatic carbocycles. The van der Waals surface area contributed by atoms with E-state index in [1.54, 1.807) is 37.3 Å². The van der Waals surface area contributed by atoms with Crippen molar-refractivity contribution in [2.75, 3.05) is 5.32 Å². The zero-order chi connectivity index (χ0) is 21.4. The van der Waals surface area contributed by atoms with Gasteiger partial charge in [0.05, 0.1) is 33.2 Å². The first-order valence-corrected chi connectivity index (χ1v) is 10.4. The van der Waals surface area contributed by atoms with Gasteiger partial charge in [0.25, 0.3) is 11.5 Å². The molecule has 0 spiro atoms. The first kappa shape index (κ1) is 20.5. The second-order valence-electron chi connectivity index (χ2n) is 6.63. The Balaban J connectivity index is 1.68. The molecular formula is C21H14Cl2FN3O2S. The minimum Gasteiger partial charge on any atom is -0.321 e. The van der Waals surface area contributed by atoms with Crippen molar-refractivity contribution in [3.05, 3.63) is 91.0 Å². The molecule has 30 heavy (non-hydrogen) atoms. The standard InChI is InChI=1S/C21H14Cl2FN3O2S/c1-11-17-20(25-10-27(21(17)29)9-12-3-2-4-13(24)7-12)30-18(11)19(28)26-14-5-6-15(22)16(23)8-14/h2-8,10H,9H2,1H3,(H,26,28). The summed E-state index contributed by atoms with van der Waals surface area (Å²) in [5.41, 5.74) is 1.39. The summed E-state index contributed by atoms with van der Waals surface area (Å²) >= 11 is 13.0. The summed E-state index contributed by atoms with van der Waals surface area (Å²) < 4.78 is 14.8. The van der Waals surface area contributed by atoms with Gasteiger partial charge in [0.1, 0.15) is 10.6 Å². The van der Waals surface area contributed by atoms with Gasteiger partial charge in [-0.2, -0.15) is 0 Å². The number of nitrogens with zero attached hydrogens (tertiary/aromatic N) is 2. The second kappa shape index (κ2) is 8.18. The van der Waals surface area contributed by atoms with E-state index in [-0.39, 0.29) is 23.8 Å². The molecular weight excluding hydrogens is 448 g/mol. The van der Waals surface area contributed by atoms with Crippen LogP contribution in [0.5, 0.6) is 0 Å². The third kappa shape index (κ3) is 3.96. The zero-order valence-corrected chi connectivity index (χ0v) is 17.9. The summed E-state index contributed by atoms with van der Waals surface area (Å²) in [7, 11) is 0. The fourth-order valence-electron chi connectivity index (χ4n) is 3.08. The number of carbonyl (C=O) groups excluding carboxylic acids is 1. The number of amides is 1.